The summed E-state index contributed by atoms with van der Waals surface area (Å²) >= 11 is 0. The molecule has 0 saturated carbocycles. The molecule has 5 atom stereocenters. The Balaban J connectivity index is 1.70. The zero-order valence-electron chi connectivity index (χ0n) is 12.0. The summed E-state index contributed by atoms with van der Waals surface area (Å²) in [6, 6.07) is -0.340. The molecule has 1 aromatic heterocycles. The fourth-order valence-corrected chi connectivity index (χ4v) is 2.95. The van der Waals surface area contributed by atoms with Gasteiger partial charge in [-0.25, -0.2) is 4.98 Å². The number of hydrogen-bond acceptors (Lipinski definition) is 5. The highest BCUT2D eigenvalue weighted by atomic mass is 16.7. The van der Waals surface area contributed by atoms with Crippen LogP contribution in [0.4, 0.5) is 0 Å². The first-order chi connectivity index (χ1) is 9.66. The van der Waals surface area contributed by atoms with Crippen LogP contribution in [0.1, 0.15) is 26.3 Å². The Labute approximate surface area is 119 Å². The van der Waals surface area contributed by atoms with E-state index >= 15 is 0 Å². The van der Waals surface area contributed by atoms with E-state index < -0.39 is 6.10 Å². The van der Waals surface area contributed by atoms with Gasteiger partial charge in [-0.15, -0.1) is 0 Å². The Morgan fingerprint density at radius 1 is 1.50 bits per heavy atom. The minimum absolute atomic E-state index is 0.0677. The molecule has 0 radical (unpaired) electrons. The van der Waals surface area contributed by atoms with E-state index in [4.69, 9.17) is 9.47 Å². The largest absolute Gasteiger partial charge is 0.389 e. The number of rotatable bonds is 5. The number of aromatic nitrogens is 2. The number of ether oxygens (including phenoxy) is 2. The van der Waals surface area contributed by atoms with Crippen LogP contribution < -0.4 is 5.32 Å². The summed E-state index contributed by atoms with van der Waals surface area (Å²) in [6.07, 6.45) is 5.33. The normalized spacial score (nSPS) is 36.7. The highest BCUT2D eigenvalue weighted by molar-refractivity contribution is 5.01. The van der Waals surface area contributed by atoms with E-state index in [0.29, 0.717) is 12.5 Å². The van der Waals surface area contributed by atoms with Crippen LogP contribution in [0.25, 0.3) is 0 Å². The van der Waals surface area contributed by atoms with Crippen molar-refractivity contribution in [2.45, 2.75) is 50.8 Å². The molecule has 0 aromatic carbocycles. The van der Waals surface area contributed by atoms with Crippen LogP contribution >= 0.6 is 0 Å². The average Bonchev–Trinajstić information content (AvgIpc) is 3.04. The Bertz CT molecular complexity index is 423. The summed E-state index contributed by atoms with van der Waals surface area (Å²) in [7, 11) is 0. The predicted molar refractivity (Wildman–Crippen MR) is 73.1 cm³/mol. The smallest absolute Gasteiger partial charge is 0.181 e. The SMILES string of the molecule is CC(C)CCNC1C2COC(O2)C(n2ccnc2)C1O. The van der Waals surface area contributed by atoms with Gasteiger partial charge in [-0.1, -0.05) is 13.8 Å². The molecule has 3 heterocycles. The summed E-state index contributed by atoms with van der Waals surface area (Å²) in [5.41, 5.74) is 0. The molecule has 0 spiro atoms. The first-order valence-corrected chi connectivity index (χ1v) is 7.33. The highest BCUT2D eigenvalue weighted by Crippen LogP contribution is 2.35. The van der Waals surface area contributed by atoms with Crippen molar-refractivity contribution in [3.8, 4) is 0 Å². The molecule has 3 rings (SSSR count). The lowest BCUT2D eigenvalue weighted by Crippen LogP contribution is -2.57. The van der Waals surface area contributed by atoms with Crippen LogP contribution in [0.3, 0.4) is 0 Å². The van der Waals surface area contributed by atoms with Crippen molar-refractivity contribution in [3.63, 3.8) is 0 Å². The number of imidazole rings is 1. The molecule has 0 amide bonds. The van der Waals surface area contributed by atoms with Crippen LogP contribution in [-0.4, -0.2) is 52.3 Å². The minimum Gasteiger partial charge on any atom is -0.389 e. The molecule has 0 aliphatic carbocycles. The lowest BCUT2D eigenvalue weighted by Gasteiger charge is -2.39. The maximum atomic E-state index is 10.7. The molecule has 6 heteroatoms. The molecule has 2 aliphatic heterocycles. The van der Waals surface area contributed by atoms with Gasteiger partial charge >= 0.3 is 0 Å². The van der Waals surface area contributed by atoms with Crippen LogP contribution in [0.15, 0.2) is 18.7 Å². The molecular formula is C14H23N3O3. The van der Waals surface area contributed by atoms with Gasteiger partial charge < -0.3 is 24.5 Å². The molecule has 2 aliphatic rings. The highest BCUT2D eigenvalue weighted by Gasteiger charge is 2.50. The molecular weight excluding hydrogens is 258 g/mol. The Hall–Kier alpha value is -0.950. The summed E-state index contributed by atoms with van der Waals surface area (Å²) in [5.74, 6) is 0.640. The molecule has 6 nitrogen and oxygen atoms in total. The van der Waals surface area contributed by atoms with E-state index in [0.717, 1.165) is 13.0 Å². The van der Waals surface area contributed by atoms with Crippen LogP contribution in [-0.2, 0) is 9.47 Å². The van der Waals surface area contributed by atoms with Gasteiger partial charge in [-0.2, -0.15) is 0 Å². The third kappa shape index (κ3) is 2.61. The third-order valence-electron chi connectivity index (χ3n) is 4.10. The predicted octanol–water partition coefficient (Wildman–Crippen LogP) is 0.544. The average molecular weight is 281 g/mol. The fraction of sp³-hybridized carbons (Fsp3) is 0.786. The second kappa shape index (κ2) is 5.81. The summed E-state index contributed by atoms with van der Waals surface area (Å²) in [4.78, 5) is 4.04. The van der Waals surface area contributed by atoms with Crippen molar-refractivity contribution in [1.29, 1.82) is 0 Å². The van der Waals surface area contributed by atoms with Gasteiger partial charge in [0.25, 0.3) is 0 Å². The zero-order valence-corrected chi connectivity index (χ0v) is 12.0. The monoisotopic (exact) mass is 281 g/mol. The van der Waals surface area contributed by atoms with Gasteiger partial charge in [0.1, 0.15) is 12.1 Å². The Kier molecular flexibility index (Phi) is 4.07. The van der Waals surface area contributed by atoms with Gasteiger partial charge in [0.05, 0.1) is 25.1 Å². The number of aliphatic hydroxyl groups is 1. The number of fused-ring (bicyclic) bond motifs is 2. The summed E-state index contributed by atoms with van der Waals surface area (Å²) in [5, 5.41) is 14.1. The number of nitrogens with zero attached hydrogens (tertiary/aromatic N) is 2. The van der Waals surface area contributed by atoms with Gasteiger partial charge in [0.2, 0.25) is 0 Å². The quantitative estimate of drug-likeness (QED) is 0.824. The molecule has 1 aromatic rings. The number of aliphatic hydroxyl groups excluding tert-OH is 1. The van der Waals surface area contributed by atoms with Gasteiger partial charge in [0.15, 0.2) is 6.29 Å². The lowest BCUT2D eigenvalue weighted by molar-refractivity contribution is -0.165. The van der Waals surface area contributed by atoms with Gasteiger partial charge in [0, 0.05) is 12.4 Å². The van der Waals surface area contributed by atoms with Crippen LogP contribution in [0.2, 0.25) is 0 Å². The lowest BCUT2D eigenvalue weighted by atomic mass is 9.95. The van der Waals surface area contributed by atoms with Crippen LogP contribution in [0, 0.1) is 5.92 Å². The molecule has 20 heavy (non-hydrogen) atoms. The van der Waals surface area contributed by atoms with Gasteiger partial charge in [-0.05, 0) is 18.9 Å². The van der Waals surface area contributed by atoms with Crippen molar-refractivity contribution in [2.24, 2.45) is 5.92 Å². The van der Waals surface area contributed by atoms with Crippen molar-refractivity contribution in [3.05, 3.63) is 18.7 Å². The van der Waals surface area contributed by atoms with E-state index in [-0.39, 0.29) is 24.5 Å². The topological polar surface area (TPSA) is 68.5 Å². The van der Waals surface area contributed by atoms with Crippen molar-refractivity contribution >= 4 is 0 Å². The number of nitrogens with one attached hydrogen (secondary N) is 1. The molecule has 2 fully saturated rings. The minimum atomic E-state index is -0.539. The fourth-order valence-electron chi connectivity index (χ4n) is 2.95. The standard InChI is InChI=1S/C14H23N3O3/c1-9(2)3-4-16-11-10-7-19-14(20-10)12(13(11)18)17-6-5-15-8-17/h5-6,8-14,16,18H,3-4,7H2,1-2H3. The van der Waals surface area contributed by atoms with E-state index in [1.807, 2.05) is 10.8 Å². The third-order valence-corrected chi connectivity index (χ3v) is 4.10. The number of hydrogen-bond donors (Lipinski definition) is 2. The molecule has 5 unspecified atom stereocenters. The Morgan fingerprint density at radius 2 is 2.35 bits per heavy atom. The van der Waals surface area contributed by atoms with E-state index in [9.17, 15) is 5.11 Å². The second-order valence-electron chi connectivity index (χ2n) is 6.03. The van der Waals surface area contributed by atoms with Crippen molar-refractivity contribution < 1.29 is 14.6 Å². The maximum Gasteiger partial charge on any atom is 0.181 e. The Morgan fingerprint density at radius 3 is 3.05 bits per heavy atom. The first-order valence-electron chi connectivity index (χ1n) is 7.33. The van der Waals surface area contributed by atoms with Gasteiger partial charge in [-0.3, -0.25) is 0 Å². The van der Waals surface area contributed by atoms with E-state index in [2.05, 4.69) is 24.1 Å². The van der Waals surface area contributed by atoms with Crippen LogP contribution in [0.5, 0.6) is 0 Å². The van der Waals surface area contributed by atoms with E-state index in [1.54, 1.807) is 12.5 Å². The molecule has 2 N–H and O–H groups in total. The summed E-state index contributed by atoms with van der Waals surface area (Å²) < 4.78 is 13.4. The molecule has 112 valence electrons. The zero-order chi connectivity index (χ0) is 14.1. The van der Waals surface area contributed by atoms with E-state index in [1.165, 1.54) is 0 Å². The molecule has 2 saturated heterocycles. The first kappa shape index (κ1) is 14.0. The van der Waals surface area contributed by atoms with Crippen molar-refractivity contribution in [1.82, 2.24) is 14.9 Å². The van der Waals surface area contributed by atoms with Crippen molar-refractivity contribution in [2.75, 3.05) is 13.2 Å². The second-order valence-corrected chi connectivity index (χ2v) is 6.03. The summed E-state index contributed by atoms with van der Waals surface area (Å²) in [6.45, 7) is 5.80. The maximum absolute atomic E-state index is 10.7. The molecule has 2 bridgehead atoms.